The minimum Gasteiger partial charge on any atom is -0.478 e. The number of aromatic nitrogens is 2. The first-order valence-electron chi connectivity index (χ1n) is 10.1. The summed E-state index contributed by atoms with van der Waals surface area (Å²) >= 11 is 0. The van der Waals surface area contributed by atoms with Crippen molar-refractivity contribution >= 4 is 28.7 Å². The number of hydrogen-bond donors (Lipinski definition) is 1. The topological polar surface area (TPSA) is 86.6 Å². The maximum absolute atomic E-state index is 13.5. The molecule has 1 N–H and O–H groups in total. The van der Waals surface area contributed by atoms with Gasteiger partial charge in [0.2, 0.25) is 5.91 Å². The van der Waals surface area contributed by atoms with E-state index in [2.05, 4.69) is 4.90 Å². The zero-order valence-corrected chi connectivity index (χ0v) is 17.4. The highest BCUT2D eigenvalue weighted by atomic mass is 19.1. The second kappa shape index (κ2) is 8.29. The van der Waals surface area contributed by atoms with Gasteiger partial charge in [0.05, 0.1) is 16.6 Å². The summed E-state index contributed by atoms with van der Waals surface area (Å²) in [6.45, 7) is 2.92. The normalized spacial score (nSPS) is 14.6. The lowest BCUT2D eigenvalue weighted by molar-refractivity contribution is -0.129. The molecule has 1 amide bonds. The summed E-state index contributed by atoms with van der Waals surface area (Å²) in [5.41, 5.74) is 2.55. The fourth-order valence-electron chi connectivity index (χ4n) is 3.92. The zero-order chi connectivity index (χ0) is 22.1. The third-order valence-electron chi connectivity index (χ3n) is 5.82. The molecule has 0 unspecified atom stereocenters. The van der Waals surface area contributed by atoms with E-state index in [9.17, 15) is 19.1 Å². The highest BCUT2D eigenvalue weighted by Crippen LogP contribution is 2.32. The first-order chi connectivity index (χ1) is 14.8. The minimum absolute atomic E-state index is 0.0390. The zero-order valence-electron chi connectivity index (χ0n) is 17.4. The first kappa shape index (κ1) is 20.7. The number of carboxylic acids is 1. The lowest BCUT2D eigenvalue weighted by Crippen LogP contribution is -2.45. The number of amides is 1. The largest absolute Gasteiger partial charge is 0.478 e. The highest BCUT2D eigenvalue weighted by molar-refractivity contribution is 5.93. The molecular weight excluding hydrogens is 399 g/mol. The number of anilines is 1. The molecule has 2 heterocycles. The molecule has 1 aromatic heterocycles. The third-order valence-corrected chi connectivity index (χ3v) is 5.82. The van der Waals surface area contributed by atoms with Crippen LogP contribution in [0.1, 0.15) is 30.1 Å². The molecule has 1 aliphatic rings. The van der Waals surface area contributed by atoms with E-state index in [1.165, 1.54) is 24.3 Å². The fourth-order valence-corrected chi connectivity index (χ4v) is 3.92. The SMILES string of the molecule is CC(=O)N(C)C1CCN(c2nc3cc(C(=O)O)ccc3nc2-c2ccc(F)cc2)CC1. The molecule has 1 saturated heterocycles. The van der Waals surface area contributed by atoms with Crippen molar-refractivity contribution in [3.63, 3.8) is 0 Å². The van der Waals surface area contributed by atoms with Crippen molar-refractivity contribution in [3.8, 4) is 11.3 Å². The Morgan fingerprint density at radius 2 is 1.74 bits per heavy atom. The lowest BCUT2D eigenvalue weighted by atomic mass is 10.0. The maximum atomic E-state index is 13.5. The van der Waals surface area contributed by atoms with Crippen molar-refractivity contribution in [2.45, 2.75) is 25.8 Å². The number of hydrogen-bond acceptors (Lipinski definition) is 5. The lowest BCUT2D eigenvalue weighted by Gasteiger charge is -2.37. The predicted molar refractivity (Wildman–Crippen MR) is 116 cm³/mol. The van der Waals surface area contributed by atoms with Crippen LogP contribution in [0.3, 0.4) is 0 Å². The monoisotopic (exact) mass is 422 g/mol. The Labute approximate surface area is 179 Å². The van der Waals surface area contributed by atoms with E-state index in [1.54, 1.807) is 30.0 Å². The molecular formula is C23H23FN4O3. The minimum atomic E-state index is -1.03. The molecule has 7 nitrogen and oxygen atoms in total. The molecule has 3 aromatic rings. The number of rotatable bonds is 4. The molecule has 0 radical (unpaired) electrons. The molecule has 160 valence electrons. The van der Waals surface area contributed by atoms with E-state index < -0.39 is 5.97 Å². The smallest absolute Gasteiger partial charge is 0.335 e. The van der Waals surface area contributed by atoms with Crippen molar-refractivity contribution in [2.24, 2.45) is 0 Å². The maximum Gasteiger partial charge on any atom is 0.335 e. The summed E-state index contributed by atoms with van der Waals surface area (Å²) in [6.07, 6.45) is 1.57. The molecule has 0 spiro atoms. The van der Waals surface area contributed by atoms with Crippen LogP contribution in [0.15, 0.2) is 42.5 Å². The Bertz CT molecular complexity index is 1140. The van der Waals surface area contributed by atoms with Crippen molar-refractivity contribution in [1.82, 2.24) is 14.9 Å². The quantitative estimate of drug-likeness (QED) is 0.692. The number of carbonyl (C=O) groups is 2. The Hall–Kier alpha value is -3.55. The van der Waals surface area contributed by atoms with Gasteiger partial charge in [0.25, 0.3) is 0 Å². The van der Waals surface area contributed by atoms with Crippen LogP contribution < -0.4 is 4.90 Å². The van der Waals surface area contributed by atoms with Gasteiger partial charge in [-0.3, -0.25) is 4.79 Å². The Kier molecular flexibility index (Phi) is 5.54. The van der Waals surface area contributed by atoms with Crippen molar-refractivity contribution in [3.05, 3.63) is 53.8 Å². The molecule has 2 aromatic carbocycles. The van der Waals surface area contributed by atoms with Gasteiger partial charge in [0.15, 0.2) is 5.82 Å². The molecule has 0 aliphatic carbocycles. The van der Waals surface area contributed by atoms with Crippen LogP contribution in [0.4, 0.5) is 10.2 Å². The number of carboxylic acid groups (broad SMARTS) is 1. The van der Waals surface area contributed by atoms with E-state index in [4.69, 9.17) is 9.97 Å². The summed E-state index contributed by atoms with van der Waals surface area (Å²) in [5, 5.41) is 9.32. The van der Waals surface area contributed by atoms with E-state index in [0.717, 1.165) is 18.4 Å². The van der Waals surface area contributed by atoms with Crippen LogP contribution in [-0.2, 0) is 4.79 Å². The summed E-state index contributed by atoms with van der Waals surface area (Å²) < 4.78 is 13.5. The van der Waals surface area contributed by atoms with E-state index in [0.29, 0.717) is 35.6 Å². The van der Waals surface area contributed by atoms with Crippen molar-refractivity contribution in [1.29, 1.82) is 0 Å². The number of fused-ring (bicyclic) bond motifs is 1. The van der Waals surface area contributed by atoms with Gasteiger partial charge in [-0.1, -0.05) is 0 Å². The van der Waals surface area contributed by atoms with Gasteiger partial charge in [-0.15, -0.1) is 0 Å². The number of halogens is 1. The molecule has 1 fully saturated rings. The average Bonchev–Trinajstić information content (AvgIpc) is 2.78. The van der Waals surface area contributed by atoms with Gasteiger partial charge < -0.3 is 14.9 Å². The predicted octanol–water partition coefficient (Wildman–Crippen LogP) is 3.58. The first-order valence-corrected chi connectivity index (χ1v) is 10.1. The van der Waals surface area contributed by atoms with Crippen LogP contribution in [0.2, 0.25) is 0 Å². The van der Waals surface area contributed by atoms with Crippen molar-refractivity contribution in [2.75, 3.05) is 25.0 Å². The fraction of sp³-hybridized carbons (Fsp3) is 0.304. The molecule has 0 bridgehead atoms. The van der Waals surface area contributed by atoms with Gasteiger partial charge in [-0.05, 0) is 55.3 Å². The Morgan fingerprint density at radius 1 is 1.06 bits per heavy atom. The summed E-state index contributed by atoms with van der Waals surface area (Å²) in [6, 6.07) is 10.9. The summed E-state index contributed by atoms with van der Waals surface area (Å²) in [7, 11) is 1.82. The molecule has 0 saturated carbocycles. The second-order valence-corrected chi connectivity index (χ2v) is 7.76. The summed E-state index contributed by atoms with van der Waals surface area (Å²) in [4.78, 5) is 36.5. The molecule has 0 atom stereocenters. The van der Waals surface area contributed by atoms with Crippen LogP contribution in [0, 0.1) is 5.82 Å². The summed E-state index contributed by atoms with van der Waals surface area (Å²) in [5.74, 6) is -0.693. The number of benzene rings is 2. The Morgan fingerprint density at radius 3 is 2.35 bits per heavy atom. The molecule has 8 heteroatoms. The second-order valence-electron chi connectivity index (χ2n) is 7.76. The van der Waals surface area contributed by atoms with Crippen LogP contribution in [0.25, 0.3) is 22.3 Å². The van der Waals surface area contributed by atoms with E-state index in [1.807, 2.05) is 7.05 Å². The number of carbonyl (C=O) groups excluding carboxylic acids is 1. The third kappa shape index (κ3) is 4.19. The van der Waals surface area contributed by atoms with Crippen LogP contribution >= 0.6 is 0 Å². The molecule has 1 aliphatic heterocycles. The van der Waals surface area contributed by atoms with Gasteiger partial charge in [0.1, 0.15) is 11.5 Å². The van der Waals surface area contributed by atoms with Gasteiger partial charge in [0, 0.05) is 38.7 Å². The molecule has 4 rings (SSSR count). The number of nitrogens with zero attached hydrogens (tertiary/aromatic N) is 4. The number of aromatic carboxylic acids is 1. The highest BCUT2D eigenvalue weighted by Gasteiger charge is 2.27. The van der Waals surface area contributed by atoms with Crippen LogP contribution in [-0.4, -0.2) is 58.0 Å². The van der Waals surface area contributed by atoms with Gasteiger partial charge in [-0.25, -0.2) is 19.2 Å². The van der Waals surface area contributed by atoms with Gasteiger partial charge >= 0.3 is 5.97 Å². The number of piperidine rings is 1. The van der Waals surface area contributed by atoms with Gasteiger partial charge in [-0.2, -0.15) is 0 Å². The van der Waals surface area contributed by atoms with E-state index >= 15 is 0 Å². The van der Waals surface area contributed by atoms with E-state index in [-0.39, 0.29) is 23.3 Å². The van der Waals surface area contributed by atoms with Crippen molar-refractivity contribution < 1.29 is 19.1 Å². The Balaban J connectivity index is 1.76. The standard InChI is InChI=1S/C23H23FN4O3/c1-14(29)27(2)18-9-11-28(12-10-18)22-21(15-3-6-17(24)7-4-15)25-19-8-5-16(23(30)31)13-20(19)26-22/h3-8,13,18H,9-12H2,1-2H3,(H,30,31). The average molecular weight is 422 g/mol. The molecule has 31 heavy (non-hydrogen) atoms. The van der Waals surface area contributed by atoms with Crippen LogP contribution in [0.5, 0.6) is 0 Å².